The van der Waals surface area contributed by atoms with Gasteiger partial charge in [-0.05, 0) is 25.1 Å². The van der Waals surface area contributed by atoms with Gasteiger partial charge in [-0.2, -0.15) is 0 Å². The Bertz CT molecular complexity index is 572. The zero-order chi connectivity index (χ0) is 13.1. The second-order valence-corrected chi connectivity index (χ2v) is 4.68. The Morgan fingerprint density at radius 1 is 1.28 bits per heavy atom. The van der Waals surface area contributed by atoms with Crippen LogP contribution < -0.4 is 0 Å². The first-order chi connectivity index (χ1) is 8.59. The van der Waals surface area contributed by atoms with Crippen LogP contribution in [0.15, 0.2) is 36.8 Å². The number of aromatic nitrogens is 2. The molecule has 1 atom stereocenters. The number of ketones is 1. The maximum atomic E-state index is 12.3. The highest BCUT2D eigenvalue weighted by molar-refractivity contribution is 6.37. The lowest BCUT2D eigenvalue weighted by Crippen LogP contribution is -2.11. The Morgan fingerprint density at radius 2 is 2.06 bits per heavy atom. The third-order valence-electron chi connectivity index (χ3n) is 2.62. The summed E-state index contributed by atoms with van der Waals surface area (Å²) in [6, 6.07) is 4.82. The van der Waals surface area contributed by atoms with Gasteiger partial charge in [-0.3, -0.25) is 14.8 Å². The molecule has 0 amide bonds. The number of Topliss-reactive ketones (excluding diaryl/α,β-unsaturated/α-hetero) is 1. The van der Waals surface area contributed by atoms with Gasteiger partial charge in [0.1, 0.15) is 0 Å². The second kappa shape index (κ2) is 5.46. The van der Waals surface area contributed by atoms with Gasteiger partial charge < -0.3 is 0 Å². The molecule has 1 aromatic carbocycles. The number of hydrogen-bond donors (Lipinski definition) is 0. The molecule has 92 valence electrons. The molecule has 2 rings (SSSR count). The summed E-state index contributed by atoms with van der Waals surface area (Å²) in [5.41, 5.74) is 1.06. The van der Waals surface area contributed by atoms with E-state index in [1.165, 1.54) is 0 Å². The van der Waals surface area contributed by atoms with Crippen molar-refractivity contribution < 1.29 is 4.79 Å². The van der Waals surface area contributed by atoms with Gasteiger partial charge >= 0.3 is 0 Å². The topological polar surface area (TPSA) is 42.9 Å². The highest BCUT2D eigenvalue weighted by Crippen LogP contribution is 2.26. The zero-order valence-electron chi connectivity index (χ0n) is 9.60. The van der Waals surface area contributed by atoms with E-state index in [0.717, 1.165) is 0 Å². The molecule has 1 unspecified atom stereocenters. The molecule has 1 heterocycles. The Kier molecular flexibility index (Phi) is 3.94. The Balaban J connectivity index is 2.32. The van der Waals surface area contributed by atoms with E-state index in [-0.39, 0.29) is 5.78 Å². The van der Waals surface area contributed by atoms with E-state index in [9.17, 15) is 4.79 Å². The molecule has 0 aliphatic carbocycles. The highest BCUT2D eigenvalue weighted by Gasteiger charge is 2.20. The molecule has 1 aromatic heterocycles. The Morgan fingerprint density at radius 3 is 2.67 bits per heavy atom. The molecular weight excluding hydrogens is 271 g/mol. The number of rotatable bonds is 3. The fraction of sp³-hybridized carbons (Fsp3) is 0.154. The van der Waals surface area contributed by atoms with Crippen molar-refractivity contribution in [1.29, 1.82) is 0 Å². The third-order valence-corrected chi connectivity index (χ3v) is 3.16. The quantitative estimate of drug-likeness (QED) is 0.804. The summed E-state index contributed by atoms with van der Waals surface area (Å²) in [5.74, 6) is -0.491. The van der Waals surface area contributed by atoms with E-state index >= 15 is 0 Å². The predicted octanol–water partition coefficient (Wildman–Crippen LogP) is 3.77. The molecule has 0 fully saturated rings. The van der Waals surface area contributed by atoms with Gasteiger partial charge in [0.05, 0.1) is 16.6 Å². The lowest BCUT2D eigenvalue weighted by atomic mass is 9.96. The van der Waals surface area contributed by atoms with Crippen LogP contribution in [0.2, 0.25) is 10.0 Å². The van der Waals surface area contributed by atoms with Crippen molar-refractivity contribution in [2.24, 2.45) is 0 Å². The van der Waals surface area contributed by atoms with Crippen LogP contribution in [-0.2, 0) is 0 Å². The number of carbonyl (C=O) groups is 1. The van der Waals surface area contributed by atoms with Crippen molar-refractivity contribution in [3.8, 4) is 0 Å². The maximum absolute atomic E-state index is 12.3. The van der Waals surface area contributed by atoms with Crippen LogP contribution in [0.1, 0.15) is 28.9 Å². The summed E-state index contributed by atoms with van der Waals surface area (Å²) >= 11 is 11.8. The predicted molar refractivity (Wildman–Crippen MR) is 71.2 cm³/mol. The molecule has 0 aliphatic rings. The van der Waals surface area contributed by atoms with Crippen molar-refractivity contribution in [2.45, 2.75) is 12.8 Å². The number of carbonyl (C=O) groups excluding carboxylic acids is 1. The van der Waals surface area contributed by atoms with Crippen LogP contribution in [0.3, 0.4) is 0 Å². The number of nitrogens with zero attached hydrogens (tertiary/aromatic N) is 2. The fourth-order valence-electron chi connectivity index (χ4n) is 1.59. The largest absolute Gasteiger partial charge is 0.293 e. The van der Waals surface area contributed by atoms with Gasteiger partial charge in [0.2, 0.25) is 0 Å². The molecule has 0 aliphatic heterocycles. The molecule has 0 radical (unpaired) electrons. The average molecular weight is 281 g/mol. The summed E-state index contributed by atoms with van der Waals surface area (Å²) in [6.07, 6.45) is 4.70. The minimum Gasteiger partial charge on any atom is -0.293 e. The lowest BCUT2D eigenvalue weighted by molar-refractivity contribution is 0.0964. The monoisotopic (exact) mass is 280 g/mol. The van der Waals surface area contributed by atoms with Gasteiger partial charge in [0.25, 0.3) is 0 Å². The van der Waals surface area contributed by atoms with E-state index < -0.39 is 5.92 Å². The Hall–Kier alpha value is -1.45. The number of hydrogen-bond acceptors (Lipinski definition) is 3. The van der Waals surface area contributed by atoms with Gasteiger partial charge in [0.15, 0.2) is 5.78 Å². The second-order valence-electron chi connectivity index (χ2n) is 3.84. The van der Waals surface area contributed by atoms with E-state index in [1.807, 2.05) is 0 Å². The third kappa shape index (κ3) is 2.68. The summed E-state index contributed by atoms with van der Waals surface area (Å²) in [4.78, 5) is 20.4. The van der Waals surface area contributed by atoms with Crippen molar-refractivity contribution in [3.63, 3.8) is 0 Å². The fourth-order valence-corrected chi connectivity index (χ4v) is 2.09. The van der Waals surface area contributed by atoms with E-state index in [2.05, 4.69) is 9.97 Å². The highest BCUT2D eigenvalue weighted by atomic mass is 35.5. The van der Waals surface area contributed by atoms with Crippen molar-refractivity contribution >= 4 is 29.0 Å². The van der Waals surface area contributed by atoms with Gasteiger partial charge in [-0.1, -0.05) is 23.2 Å². The van der Waals surface area contributed by atoms with Crippen LogP contribution in [0.5, 0.6) is 0 Å². The molecule has 18 heavy (non-hydrogen) atoms. The van der Waals surface area contributed by atoms with Crippen LogP contribution in [0.4, 0.5) is 0 Å². The van der Waals surface area contributed by atoms with Crippen LogP contribution in [0.25, 0.3) is 0 Å². The van der Waals surface area contributed by atoms with Crippen LogP contribution >= 0.6 is 23.2 Å². The molecule has 0 N–H and O–H groups in total. The first kappa shape index (κ1) is 13.0. The lowest BCUT2D eigenvalue weighted by Gasteiger charge is -2.10. The summed E-state index contributed by atoms with van der Waals surface area (Å²) in [5, 5.41) is 0.854. The zero-order valence-corrected chi connectivity index (χ0v) is 11.1. The van der Waals surface area contributed by atoms with Crippen molar-refractivity contribution in [2.75, 3.05) is 0 Å². The van der Waals surface area contributed by atoms with Crippen LogP contribution in [-0.4, -0.2) is 15.8 Å². The molecule has 5 heteroatoms. The SMILES string of the molecule is CC(C(=O)c1ccc(Cl)cc1Cl)c1cnccn1. The van der Waals surface area contributed by atoms with Gasteiger partial charge in [-0.15, -0.1) is 0 Å². The van der Waals surface area contributed by atoms with E-state index in [4.69, 9.17) is 23.2 Å². The molecule has 3 nitrogen and oxygen atoms in total. The first-order valence-electron chi connectivity index (χ1n) is 5.35. The minimum absolute atomic E-state index is 0.0998. The smallest absolute Gasteiger partial charge is 0.173 e. The van der Waals surface area contributed by atoms with Gasteiger partial charge in [-0.25, -0.2) is 0 Å². The maximum Gasteiger partial charge on any atom is 0.173 e. The van der Waals surface area contributed by atoms with E-state index in [1.54, 1.807) is 43.7 Å². The van der Waals surface area contributed by atoms with Crippen molar-refractivity contribution in [3.05, 3.63) is 58.1 Å². The molecule has 0 spiro atoms. The standard InChI is InChI=1S/C13H10Cl2N2O/c1-8(12-7-16-4-5-17-12)13(18)10-3-2-9(14)6-11(10)15/h2-8H,1H3. The summed E-state index contributed by atoms with van der Waals surface area (Å²) < 4.78 is 0. The molecule has 0 saturated carbocycles. The first-order valence-corrected chi connectivity index (χ1v) is 6.10. The minimum atomic E-state index is -0.391. The van der Waals surface area contributed by atoms with E-state index in [0.29, 0.717) is 21.3 Å². The summed E-state index contributed by atoms with van der Waals surface area (Å²) in [7, 11) is 0. The van der Waals surface area contributed by atoms with Crippen molar-refractivity contribution in [1.82, 2.24) is 9.97 Å². The normalized spacial score (nSPS) is 12.2. The van der Waals surface area contributed by atoms with Crippen LogP contribution in [0, 0.1) is 0 Å². The molecule has 2 aromatic rings. The number of benzene rings is 1. The van der Waals surface area contributed by atoms with Gasteiger partial charge in [0, 0.05) is 29.2 Å². The molecule has 0 saturated heterocycles. The Labute approximate surface area is 115 Å². The number of halogens is 2. The average Bonchev–Trinajstić information content (AvgIpc) is 2.38. The molecule has 0 bridgehead atoms. The molecular formula is C13H10Cl2N2O. The summed E-state index contributed by atoms with van der Waals surface area (Å²) in [6.45, 7) is 1.78.